The van der Waals surface area contributed by atoms with E-state index in [0.29, 0.717) is 18.1 Å². The number of benzene rings is 1. The Hall–Kier alpha value is -1.88. The lowest BCUT2D eigenvalue weighted by molar-refractivity contribution is 0.375. The number of phenolic OH excluding ortho intramolecular Hbond substituents is 1. The van der Waals surface area contributed by atoms with Crippen LogP contribution in [0.25, 0.3) is 0 Å². The summed E-state index contributed by atoms with van der Waals surface area (Å²) in [5.74, 6) is 1.16. The van der Waals surface area contributed by atoms with Crippen molar-refractivity contribution in [2.24, 2.45) is 5.73 Å². The van der Waals surface area contributed by atoms with Crippen molar-refractivity contribution in [2.75, 3.05) is 0 Å². The number of para-hydroxylation sites is 1. The third-order valence-corrected chi connectivity index (χ3v) is 2.02. The Bertz CT molecular complexity index is 453. The van der Waals surface area contributed by atoms with Crippen LogP contribution in [-0.2, 0) is 13.0 Å². The largest absolute Gasteiger partial charge is 0.508 e. The van der Waals surface area contributed by atoms with Gasteiger partial charge in [0.05, 0.1) is 6.54 Å². The van der Waals surface area contributed by atoms with Gasteiger partial charge in [-0.25, -0.2) is 0 Å². The lowest BCUT2D eigenvalue weighted by Crippen LogP contribution is -1.97. The number of hydrogen-bond acceptors (Lipinski definition) is 5. The van der Waals surface area contributed by atoms with Crippen LogP contribution in [-0.4, -0.2) is 15.2 Å². The molecule has 2 rings (SSSR count). The molecule has 0 aliphatic carbocycles. The minimum Gasteiger partial charge on any atom is -0.508 e. The molecule has 0 bridgehead atoms. The van der Waals surface area contributed by atoms with Crippen LogP contribution in [0.2, 0.25) is 0 Å². The first-order valence-electron chi connectivity index (χ1n) is 4.58. The van der Waals surface area contributed by atoms with Crippen molar-refractivity contribution in [3.63, 3.8) is 0 Å². The van der Waals surface area contributed by atoms with Gasteiger partial charge in [-0.2, -0.15) is 4.98 Å². The molecule has 5 heteroatoms. The Kier molecular flexibility index (Phi) is 2.64. The van der Waals surface area contributed by atoms with Crippen LogP contribution in [0.3, 0.4) is 0 Å². The van der Waals surface area contributed by atoms with E-state index in [4.69, 9.17) is 10.3 Å². The highest BCUT2D eigenvalue weighted by Crippen LogP contribution is 2.18. The lowest BCUT2D eigenvalue weighted by Gasteiger charge is -1.99. The molecular formula is C10H11N3O2. The van der Waals surface area contributed by atoms with Gasteiger partial charge in [-0.05, 0) is 6.07 Å². The number of rotatable bonds is 3. The Morgan fingerprint density at radius 2 is 2.13 bits per heavy atom. The molecular weight excluding hydrogens is 194 g/mol. The zero-order valence-corrected chi connectivity index (χ0v) is 8.05. The lowest BCUT2D eigenvalue weighted by atomic mass is 10.1. The maximum atomic E-state index is 9.52. The Morgan fingerprint density at radius 3 is 2.80 bits per heavy atom. The molecule has 1 aromatic heterocycles. The average Bonchev–Trinajstić information content (AvgIpc) is 2.69. The monoisotopic (exact) mass is 205 g/mol. The van der Waals surface area contributed by atoms with E-state index in [1.807, 2.05) is 12.1 Å². The van der Waals surface area contributed by atoms with Crippen molar-refractivity contribution in [2.45, 2.75) is 13.0 Å². The third-order valence-electron chi connectivity index (χ3n) is 2.02. The third kappa shape index (κ3) is 2.13. The van der Waals surface area contributed by atoms with Crippen LogP contribution in [0.5, 0.6) is 5.75 Å². The summed E-state index contributed by atoms with van der Waals surface area (Å²) < 4.78 is 4.86. The summed E-state index contributed by atoms with van der Waals surface area (Å²) in [5, 5.41) is 13.3. The van der Waals surface area contributed by atoms with E-state index < -0.39 is 0 Å². The second-order valence-corrected chi connectivity index (χ2v) is 3.11. The smallest absolute Gasteiger partial charge is 0.240 e. The molecule has 15 heavy (non-hydrogen) atoms. The zero-order valence-electron chi connectivity index (χ0n) is 8.05. The first-order valence-corrected chi connectivity index (χ1v) is 4.58. The summed E-state index contributed by atoms with van der Waals surface area (Å²) in [6.45, 7) is 0.230. The van der Waals surface area contributed by atoms with Crippen LogP contribution < -0.4 is 5.73 Å². The fourth-order valence-corrected chi connectivity index (χ4v) is 1.28. The maximum absolute atomic E-state index is 9.52. The molecule has 0 aliphatic heterocycles. The second-order valence-electron chi connectivity index (χ2n) is 3.11. The van der Waals surface area contributed by atoms with Crippen molar-refractivity contribution < 1.29 is 9.63 Å². The minimum absolute atomic E-state index is 0.230. The number of phenols is 1. The van der Waals surface area contributed by atoms with Gasteiger partial charge in [0.25, 0.3) is 0 Å². The topological polar surface area (TPSA) is 85.2 Å². The fourth-order valence-electron chi connectivity index (χ4n) is 1.28. The van der Waals surface area contributed by atoms with E-state index >= 15 is 0 Å². The molecule has 0 spiro atoms. The van der Waals surface area contributed by atoms with Gasteiger partial charge in [-0.3, -0.25) is 0 Å². The summed E-state index contributed by atoms with van der Waals surface area (Å²) in [6.07, 6.45) is 0.441. The van der Waals surface area contributed by atoms with E-state index in [-0.39, 0.29) is 12.3 Å². The highest BCUT2D eigenvalue weighted by Gasteiger charge is 2.07. The maximum Gasteiger partial charge on any atom is 0.240 e. The Morgan fingerprint density at radius 1 is 1.33 bits per heavy atom. The molecule has 0 unspecified atom stereocenters. The van der Waals surface area contributed by atoms with Crippen LogP contribution in [0.4, 0.5) is 0 Å². The molecule has 0 amide bonds. The Labute approximate surface area is 86.5 Å². The van der Waals surface area contributed by atoms with Gasteiger partial charge in [0.2, 0.25) is 5.89 Å². The quantitative estimate of drug-likeness (QED) is 0.775. The van der Waals surface area contributed by atoms with Crippen molar-refractivity contribution in [3.05, 3.63) is 41.5 Å². The number of aromatic nitrogens is 2. The molecule has 0 radical (unpaired) electrons. The van der Waals surface area contributed by atoms with Crippen molar-refractivity contribution in [3.8, 4) is 5.75 Å². The number of aromatic hydroxyl groups is 1. The predicted octanol–water partition coefficient (Wildman–Crippen LogP) is 0.825. The fraction of sp³-hybridized carbons (Fsp3) is 0.200. The zero-order chi connectivity index (χ0) is 10.7. The highest BCUT2D eigenvalue weighted by molar-refractivity contribution is 5.33. The summed E-state index contributed by atoms with van der Waals surface area (Å²) in [6, 6.07) is 7.05. The van der Waals surface area contributed by atoms with Gasteiger partial charge in [0.15, 0.2) is 5.82 Å². The molecule has 1 aromatic carbocycles. The summed E-state index contributed by atoms with van der Waals surface area (Å²) in [5.41, 5.74) is 6.11. The molecule has 1 heterocycles. The van der Waals surface area contributed by atoms with Gasteiger partial charge < -0.3 is 15.4 Å². The summed E-state index contributed by atoms with van der Waals surface area (Å²) >= 11 is 0. The van der Waals surface area contributed by atoms with Gasteiger partial charge in [0.1, 0.15) is 5.75 Å². The molecule has 3 N–H and O–H groups in total. The van der Waals surface area contributed by atoms with Gasteiger partial charge in [-0.15, -0.1) is 0 Å². The van der Waals surface area contributed by atoms with E-state index in [0.717, 1.165) is 5.56 Å². The highest BCUT2D eigenvalue weighted by atomic mass is 16.5. The van der Waals surface area contributed by atoms with Gasteiger partial charge in [-0.1, -0.05) is 23.4 Å². The molecule has 78 valence electrons. The molecule has 0 fully saturated rings. The average molecular weight is 205 g/mol. The molecule has 5 nitrogen and oxygen atoms in total. The molecule has 0 atom stereocenters. The van der Waals surface area contributed by atoms with Crippen molar-refractivity contribution >= 4 is 0 Å². The standard InChI is InChI=1S/C10H11N3O2/c11-6-10-12-9(13-15-10)5-7-3-1-2-4-8(7)14/h1-4,14H,5-6,11H2. The second kappa shape index (κ2) is 4.10. The van der Waals surface area contributed by atoms with Crippen molar-refractivity contribution in [1.29, 1.82) is 0 Å². The predicted molar refractivity (Wildman–Crippen MR) is 53.1 cm³/mol. The van der Waals surface area contributed by atoms with Crippen LogP contribution in [0.15, 0.2) is 28.8 Å². The van der Waals surface area contributed by atoms with E-state index in [1.165, 1.54) is 0 Å². The molecule has 0 aliphatic rings. The SMILES string of the molecule is NCc1nc(Cc2ccccc2O)no1. The van der Waals surface area contributed by atoms with Crippen LogP contribution in [0, 0.1) is 0 Å². The van der Waals surface area contributed by atoms with Gasteiger partial charge in [0, 0.05) is 12.0 Å². The number of nitrogens with zero attached hydrogens (tertiary/aromatic N) is 2. The van der Waals surface area contributed by atoms with Crippen molar-refractivity contribution in [1.82, 2.24) is 10.1 Å². The van der Waals surface area contributed by atoms with Crippen LogP contribution >= 0.6 is 0 Å². The number of hydrogen-bond donors (Lipinski definition) is 2. The normalized spacial score (nSPS) is 10.5. The van der Waals surface area contributed by atoms with Gasteiger partial charge >= 0.3 is 0 Å². The summed E-state index contributed by atoms with van der Waals surface area (Å²) in [7, 11) is 0. The number of nitrogens with two attached hydrogens (primary N) is 1. The Balaban J connectivity index is 2.18. The van der Waals surface area contributed by atoms with E-state index in [2.05, 4.69) is 10.1 Å². The summed E-state index contributed by atoms with van der Waals surface area (Å²) in [4.78, 5) is 4.05. The molecule has 2 aromatic rings. The molecule has 0 saturated carbocycles. The minimum atomic E-state index is 0.230. The molecule has 0 saturated heterocycles. The first kappa shape index (κ1) is 9.67. The van der Waals surface area contributed by atoms with E-state index in [1.54, 1.807) is 12.1 Å². The first-order chi connectivity index (χ1) is 7.29. The van der Waals surface area contributed by atoms with Crippen LogP contribution in [0.1, 0.15) is 17.3 Å². The van der Waals surface area contributed by atoms with E-state index in [9.17, 15) is 5.11 Å².